The largest absolute Gasteiger partial charge is 0.490 e. The van der Waals surface area contributed by atoms with Crippen LogP contribution in [-0.2, 0) is 4.79 Å². The molecule has 0 atom stereocenters. The van der Waals surface area contributed by atoms with E-state index in [0.29, 0.717) is 28.9 Å². The Balaban J connectivity index is 1.61. The van der Waals surface area contributed by atoms with Crippen molar-refractivity contribution in [2.75, 3.05) is 18.5 Å². The molecule has 1 N–H and O–H groups in total. The Morgan fingerprint density at radius 1 is 1.18 bits per heavy atom. The van der Waals surface area contributed by atoms with Gasteiger partial charge in [-0.15, -0.1) is 11.8 Å². The molecule has 146 valence electrons. The number of carbonyl (C=O) groups is 1. The molecule has 0 radical (unpaired) electrons. The lowest BCUT2D eigenvalue weighted by Crippen LogP contribution is -2.20. The lowest BCUT2D eigenvalue weighted by atomic mass is 10.2. The number of rotatable bonds is 8. The van der Waals surface area contributed by atoms with E-state index in [4.69, 9.17) is 14.7 Å². The minimum absolute atomic E-state index is 0.131. The molecule has 6 heteroatoms. The molecule has 2 aromatic carbocycles. The number of hydrogen-bond donors (Lipinski definition) is 1. The van der Waals surface area contributed by atoms with E-state index in [-0.39, 0.29) is 12.5 Å². The molecule has 0 unspecified atom stereocenters. The maximum atomic E-state index is 12.4. The summed E-state index contributed by atoms with van der Waals surface area (Å²) in [6.07, 6.45) is 5.03. The molecular formula is C22H24N2O3S. The van der Waals surface area contributed by atoms with Crippen molar-refractivity contribution < 1.29 is 14.3 Å². The molecule has 3 rings (SSSR count). The fourth-order valence-corrected chi connectivity index (χ4v) is 4.48. The highest BCUT2D eigenvalue weighted by molar-refractivity contribution is 8.00. The highest BCUT2D eigenvalue weighted by Crippen LogP contribution is 2.38. The van der Waals surface area contributed by atoms with E-state index < -0.39 is 0 Å². The SMILES string of the molecule is CCOc1cc(C#N)ccc1OCC(=O)Nc1ccccc1SC1CCCC1. The minimum atomic E-state index is -0.230. The second-order valence-corrected chi connectivity index (χ2v) is 7.91. The van der Waals surface area contributed by atoms with Crippen LogP contribution in [0.25, 0.3) is 0 Å². The van der Waals surface area contributed by atoms with E-state index in [0.717, 1.165) is 10.6 Å². The summed E-state index contributed by atoms with van der Waals surface area (Å²) >= 11 is 1.84. The van der Waals surface area contributed by atoms with Gasteiger partial charge in [0.05, 0.1) is 23.9 Å². The maximum Gasteiger partial charge on any atom is 0.262 e. The first-order valence-electron chi connectivity index (χ1n) is 9.55. The van der Waals surface area contributed by atoms with Crippen molar-refractivity contribution in [2.24, 2.45) is 0 Å². The Kier molecular flexibility index (Phi) is 7.21. The Morgan fingerprint density at radius 2 is 1.96 bits per heavy atom. The number of benzene rings is 2. The molecule has 28 heavy (non-hydrogen) atoms. The number of nitrogens with one attached hydrogen (secondary N) is 1. The van der Waals surface area contributed by atoms with Crippen LogP contribution in [0.2, 0.25) is 0 Å². The summed E-state index contributed by atoms with van der Waals surface area (Å²) < 4.78 is 11.2. The number of ether oxygens (including phenoxy) is 2. The number of para-hydroxylation sites is 1. The lowest BCUT2D eigenvalue weighted by molar-refractivity contribution is -0.118. The highest BCUT2D eigenvalue weighted by atomic mass is 32.2. The lowest BCUT2D eigenvalue weighted by Gasteiger charge is -2.15. The quantitative estimate of drug-likeness (QED) is 0.679. The predicted molar refractivity (Wildman–Crippen MR) is 111 cm³/mol. The van der Waals surface area contributed by atoms with E-state index in [9.17, 15) is 4.79 Å². The van der Waals surface area contributed by atoms with Crippen LogP contribution in [0.3, 0.4) is 0 Å². The van der Waals surface area contributed by atoms with Crippen molar-refractivity contribution in [1.29, 1.82) is 5.26 Å². The molecular weight excluding hydrogens is 372 g/mol. The van der Waals surface area contributed by atoms with Crippen LogP contribution in [0.1, 0.15) is 38.2 Å². The van der Waals surface area contributed by atoms with Gasteiger partial charge in [0.15, 0.2) is 18.1 Å². The summed E-state index contributed by atoms with van der Waals surface area (Å²) in [5.74, 6) is 0.683. The molecule has 1 fully saturated rings. The fraction of sp³-hybridized carbons (Fsp3) is 0.364. The van der Waals surface area contributed by atoms with Gasteiger partial charge in [0, 0.05) is 16.2 Å². The van der Waals surface area contributed by atoms with Gasteiger partial charge in [0.2, 0.25) is 0 Å². The van der Waals surface area contributed by atoms with Gasteiger partial charge in [-0.3, -0.25) is 4.79 Å². The molecule has 2 aromatic rings. The van der Waals surface area contributed by atoms with Gasteiger partial charge in [-0.1, -0.05) is 25.0 Å². The van der Waals surface area contributed by atoms with E-state index in [1.54, 1.807) is 18.2 Å². The predicted octanol–water partition coefficient (Wildman–Crippen LogP) is 5.01. The highest BCUT2D eigenvalue weighted by Gasteiger charge is 2.18. The van der Waals surface area contributed by atoms with Crippen molar-refractivity contribution in [2.45, 2.75) is 42.8 Å². The van der Waals surface area contributed by atoms with E-state index in [2.05, 4.69) is 11.4 Å². The number of anilines is 1. The molecule has 1 aliphatic rings. The third-order valence-electron chi connectivity index (χ3n) is 4.49. The number of nitrogens with zero attached hydrogens (tertiary/aromatic N) is 1. The second-order valence-electron chi connectivity index (χ2n) is 6.56. The normalized spacial score (nSPS) is 13.7. The maximum absolute atomic E-state index is 12.4. The number of nitriles is 1. The first-order valence-corrected chi connectivity index (χ1v) is 10.4. The summed E-state index contributed by atoms with van der Waals surface area (Å²) in [6.45, 7) is 2.17. The molecule has 1 aliphatic carbocycles. The first kappa shape index (κ1) is 20.1. The van der Waals surface area contributed by atoms with Crippen LogP contribution in [0.5, 0.6) is 11.5 Å². The van der Waals surface area contributed by atoms with Crippen molar-refractivity contribution >= 4 is 23.4 Å². The molecule has 0 aromatic heterocycles. The number of carbonyl (C=O) groups excluding carboxylic acids is 1. The van der Waals surface area contributed by atoms with Gasteiger partial charge in [0.25, 0.3) is 5.91 Å². The second kappa shape index (κ2) is 10.0. The third-order valence-corrected chi connectivity index (χ3v) is 5.90. The minimum Gasteiger partial charge on any atom is -0.490 e. The average molecular weight is 397 g/mol. The smallest absolute Gasteiger partial charge is 0.262 e. The molecule has 0 spiro atoms. The van der Waals surface area contributed by atoms with E-state index in [1.165, 1.54) is 25.7 Å². The van der Waals surface area contributed by atoms with Gasteiger partial charge < -0.3 is 14.8 Å². The number of hydrogen-bond acceptors (Lipinski definition) is 5. The molecule has 1 saturated carbocycles. The van der Waals surface area contributed by atoms with Gasteiger partial charge in [-0.25, -0.2) is 0 Å². The molecule has 1 amide bonds. The zero-order valence-electron chi connectivity index (χ0n) is 15.9. The van der Waals surface area contributed by atoms with Crippen LogP contribution < -0.4 is 14.8 Å². The van der Waals surface area contributed by atoms with Gasteiger partial charge in [0.1, 0.15) is 0 Å². The standard InChI is InChI=1S/C22H24N2O3S/c1-2-26-20-13-16(14-23)11-12-19(20)27-15-22(25)24-18-9-5-6-10-21(18)28-17-7-3-4-8-17/h5-6,9-13,17H,2-4,7-8,15H2,1H3,(H,24,25). The molecule has 0 saturated heterocycles. The molecule has 0 aliphatic heterocycles. The first-order chi connectivity index (χ1) is 13.7. The zero-order chi connectivity index (χ0) is 19.8. The molecule has 0 bridgehead atoms. The Hall–Kier alpha value is -2.65. The van der Waals surface area contributed by atoms with Crippen molar-refractivity contribution in [3.8, 4) is 17.6 Å². The van der Waals surface area contributed by atoms with Crippen molar-refractivity contribution in [1.82, 2.24) is 0 Å². The van der Waals surface area contributed by atoms with Gasteiger partial charge in [-0.2, -0.15) is 5.26 Å². The Labute approximate surface area is 170 Å². The Morgan fingerprint density at radius 3 is 2.71 bits per heavy atom. The number of thioether (sulfide) groups is 1. The van der Waals surface area contributed by atoms with Crippen LogP contribution in [-0.4, -0.2) is 24.4 Å². The van der Waals surface area contributed by atoms with Crippen molar-refractivity contribution in [3.05, 3.63) is 48.0 Å². The molecule has 0 heterocycles. The van der Waals surface area contributed by atoms with Crippen molar-refractivity contribution in [3.63, 3.8) is 0 Å². The van der Waals surface area contributed by atoms with Crippen LogP contribution in [0, 0.1) is 11.3 Å². The fourth-order valence-electron chi connectivity index (χ4n) is 3.15. The van der Waals surface area contributed by atoms with Crippen LogP contribution in [0.4, 0.5) is 5.69 Å². The van der Waals surface area contributed by atoms with Gasteiger partial charge >= 0.3 is 0 Å². The summed E-state index contributed by atoms with van der Waals surface area (Å²) in [6, 6.07) is 14.9. The summed E-state index contributed by atoms with van der Waals surface area (Å²) in [7, 11) is 0. The zero-order valence-corrected chi connectivity index (χ0v) is 16.8. The van der Waals surface area contributed by atoms with E-state index in [1.807, 2.05) is 43.0 Å². The number of amides is 1. The van der Waals surface area contributed by atoms with Crippen LogP contribution >= 0.6 is 11.8 Å². The monoisotopic (exact) mass is 396 g/mol. The van der Waals surface area contributed by atoms with Gasteiger partial charge in [-0.05, 0) is 44.0 Å². The third kappa shape index (κ3) is 5.43. The van der Waals surface area contributed by atoms with Crippen LogP contribution in [0.15, 0.2) is 47.4 Å². The molecule has 5 nitrogen and oxygen atoms in total. The summed E-state index contributed by atoms with van der Waals surface area (Å²) in [4.78, 5) is 13.5. The van der Waals surface area contributed by atoms with E-state index >= 15 is 0 Å². The summed E-state index contributed by atoms with van der Waals surface area (Å²) in [5, 5.41) is 12.6. The summed E-state index contributed by atoms with van der Waals surface area (Å²) in [5.41, 5.74) is 1.30. The average Bonchev–Trinajstić information content (AvgIpc) is 3.22. The Bertz CT molecular complexity index is 857. The topological polar surface area (TPSA) is 71.3 Å².